The minimum absolute atomic E-state index is 0.122. The Morgan fingerprint density at radius 3 is 2.71 bits per heavy atom. The molecule has 2 aromatic carbocycles. The van der Waals surface area contributed by atoms with E-state index in [-0.39, 0.29) is 17.0 Å². The molecule has 3 aromatic rings. The maximum Gasteiger partial charge on any atom is 0.163 e. The molecule has 0 saturated carbocycles. The largest absolute Gasteiger partial charge is 0.467 e. The predicted octanol–water partition coefficient (Wildman–Crippen LogP) is 6.24. The van der Waals surface area contributed by atoms with Crippen LogP contribution in [-0.4, -0.2) is 5.78 Å². The molecule has 0 bridgehead atoms. The van der Waals surface area contributed by atoms with E-state index in [2.05, 4.69) is 24.1 Å². The molecule has 0 radical (unpaired) electrons. The van der Waals surface area contributed by atoms with Crippen molar-refractivity contribution in [1.29, 1.82) is 0 Å². The molecule has 0 saturated heterocycles. The molecule has 2 heterocycles. The van der Waals surface area contributed by atoms with Crippen molar-refractivity contribution in [3.8, 4) is 0 Å². The Morgan fingerprint density at radius 1 is 1.10 bits per heavy atom. The lowest BCUT2D eigenvalue weighted by Crippen LogP contribution is -2.35. The molecule has 2 aliphatic rings. The van der Waals surface area contributed by atoms with E-state index in [0.717, 1.165) is 34.6 Å². The van der Waals surface area contributed by atoms with Crippen molar-refractivity contribution in [3.05, 3.63) is 95.3 Å². The molecule has 0 unspecified atom stereocenters. The number of Topliss-reactive ketones (excluding diaryl/α,β-unsaturated/α-hetero) is 1. The number of rotatable bonds is 3. The van der Waals surface area contributed by atoms with Crippen LogP contribution in [0.4, 0.5) is 15.8 Å². The first-order chi connectivity index (χ1) is 14.9. The summed E-state index contributed by atoms with van der Waals surface area (Å²) in [6.45, 7) is 4.69. The van der Waals surface area contributed by atoms with Crippen LogP contribution in [0.5, 0.6) is 0 Å². The quantitative estimate of drug-likeness (QED) is 0.549. The van der Waals surface area contributed by atoms with Crippen LogP contribution in [0.25, 0.3) is 0 Å². The van der Waals surface area contributed by atoms with Crippen molar-refractivity contribution >= 4 is 17.2 Å². The number of ketones is 1. The fraction of sp³-hybridized carbons (Fsp3) is 0.269. The Balaban J connectivity index is 1.72. The lowest BCUT2D eigenvalue weighted by atomic mass is 9.74. The first-order valence-corrected chi connectivity index (χ1v) is 10.6. The van der Waals surface area contributed by atoms with Crippen molar-refractivity contribution in [3.63, 3.8) is 0 Å². The van der Waals surface area contributed by atoms with Gasteiger partial charge in [0.2, 0.25) is 0 Å². The minimum atomic E-state index is -0.395. The summed E-state index contributed by atoms with van der Waals surface area (Å²) >= 11 is 0. The van der Waals surface area contributed by atoms with E-state index in [9.17, 15) is 9.18 Å². The second-order valence-corrected chi connectivity index (χ2v) is 9.15. The summed E-state index contributed by atoms with van der Waals surface area (Å²) in [7, 11) is 0. The average molecular weight is 416 g/mol. The van der Waals surface area contributed by atoms with Crippen molar-refractivity contribution < 1.29 is 13.6 Å². The van der Waals surface area contributed by atoms with Gasteiger partial charge in [0, 0.05) is 24.2 Å². The number of benzene rings is 2. The summed E-state index contributed by atoms with van der Waals surface area (Å²) < 4.78 is 19.8. The Labute approximate surface area is 181 Å². The van der Waals surface area contributed by atoms with Gasteiger partial charge in [-0.25, -0.2) is 4.39 Å². The van der Waals surface area contributed by atoms with E-state index in [1.54, 1.807) is 18.4 Å². The second kappa shape index (κ2) is 7.41. The lowest BCUT2D eigenvalue weighted by Gasteiger charge is -2.37. The number of fused-ring (bicyclic) bond motifs is 1. The Bertz CT molecular complexity index is 1160. The molecule has 0 spiro atoms. The molecule has 0 amide bonds. The van der Waals surface area contributed by atoms with Crippen molar-refractivity contribution in [2.45, 2.75) is 39.3 Å². The highest BCUT2D eigenvalue weighted by Crippen LogP contribution is 2.48. The second-order valence-electron chi connectivity index (χ2n) is 9.15. The van der Waals surface area contributed by atoms with Crippen LogP contribution in [0.3, 0.4) is 0 Å². The van der Waals surface area contributed by atoms with Crippen LogP contribution in [0.15, 0.2) is 82.6 Å². The molecule has 1 N–H and O–H groups in total. The molecule has 1 aliphatic carbocycles. The molecule has 5 heteroatoms. The molecular weight excluding hydrogens is 391 g/mol. The number of hydrogen-bond donors (Lipinski definition) is 1. The highest BCUT2D eigenvalue weighted by Gasteiger charge is 2.42. The highest BCUT2D eigenvalue weighted by atomic mass is 19.1. The molecule has 5 rings (SSSR count). The molecule has 1 aromatic heterocycles. The Hall–Kier alpha value is -3.34. The zero-order valence-electron chi connectivity index (χ0n) is 17.7. The zero-order valence-corrected chi connectivity index (χ0v) is 17.7. The van der Waals surface area contributed by atoms with Crippen LogP contribution < -0.4 is 10.2 Å². The van der Waals surface area contributed by atoms with Gasteiger partial charge in [0.1, 0.15) is 17.6 Å². The van der Waals surface area contributed by atoms with Gasteiger partial charge in [-0.1, -0.05) is 38.1 Å². The lowest BCUT2D eigenvalue weighted by molar-refractivity contribution is -0.118. The summed E-state index contributed by atoms with van der Waals surface area (Å²) in [6.07, 6.45) is 2.89. The van der Waals surface area contributed by atoms with Crippen LogP contribution in [0.2, 0.25) is 0 Å². The number of halogens is 1. The van der Waals surface area contributed by atoms with Crippen molar-refractivity contribution in [2.24, 2.45) is 5.41 Å². The Morgan fingerprint density at radius 2 is 1.94 bits per heavy atom. The number of carbonyl (C=O) groups excluding carboxylic acids is 1. The number of allylic oxidation sites excluding steroid dienone is 1. The van der Waals surface area contributed by atoms with Crippen molar-refractivity contribution in [1.82, 2.24) is 0 Å². The standard InChI is InChI=1S/C26H25FN2O2/c1-26(2)14-20-24(22(30)15-26)25(23-11-6-12-31-23)29(16-17-7-5-8-18(27)13-17)21-10-4-3-9-19(21)28-20/h3-13,25,28H,14-16H2,1-2H3/t25-/m1/s1. The number of anilines is 2. The maximum atomic E-state index is 14.0. The van der Waals surface area contributed by atoms with Gasteiger partial charge in [-0.15, -0.1) is 0 Å². The van der Waals surface area contributed by atoms with Crippen molar-refractivity contribution in [2.75, 3.05) is 10.2 Å². The van der Waals surface area contributed by atoms with Crippen LogP contribution in [-0.2, 0) is 11.3 Å². The Kier molecular flexibility index (Phi) is 4.69. The first kappa shape index (κ1) is 19.6. The number of hydrogen-bond acceptors (Lipinski definition) is 4. The fourth-order valence-electron chi connectivity index (χ4n) is 4.80. The van der Waals surface area contributed by atoms with E-state index in [4.69, 9.17) is 4.42 Å². The first-order valence-electron chi connectivity index (χ1n) is 10.6. The summed E-state index contributed by atoms with van der Waals surface area (Å²) in [5.41, 5.74) is 4.28. The number of nitrogens with zero attached hydrogens (tertiary/aromatic N) is 1. The summed E-state index contributed by atoms with van der Waals surface area (Å²) in [6, 6.07) is 18.0. The summed E-state index contributed by atoms with van der Waals surface area (Å²) in [4.78, 5) is 15.6. The molecule has 158 valence electrons. The van der Waals surface area contributed by atoms with Gasteiger partial charge in [-0.3, -0.25) is 4.79 Å². The number of nitrogens with one attached hydrogen (secondary N) is 1. The third-order valence-electron chi connectivity index (χ3n) is 6.06. The van der Waals surface area contributed by atoms with Gasteiger partial charge in [0.15, 0.2) is 5.78 Å². The molecule has 4 nitrogen and oxygen atoms in total. The van der Waals surface area contributed by atoms with E-state index in [1.807, 2.05) is 42.5 Å². The van der Waals surface area contributed by atoms with E-state index < -0.39 is 6.04 Å². The SMILES string of the molecule is CC1(C)CC(=O)C2=C(C1)Nc1ccccc1N(Cc1cccc(F)c1)[C@@H]2c1ccco1. The van der Waals surface area contributed by atoms with Crippen LogP contribution in [0, 0.1) is 11.2 Å². The molecule has 1 aliphatic heterocycles. The smallest absolute Gasteiger partial charge is 0.163 e. The highest BCUT2D eigenvalue weighted by molar-refractivity contribution is 6.01. The van der Waals surface area contributed by atoms with Gasteiger partial charge in [0.05, 0.1) is 17.6 Å². The number of para-hydroxylation sites is 2. The van der Waals surface area contributed by atoms with Crippen LogP contribution >= 0.6 is 0 Å². The normalized spacial score (nSPS) is 20.0. The zero-order chi connectivity index (χ0) is 21.6. The van der Waals surface area contributed by atoms with E-state index in [0.29, 0.717) is 18.7 Å². The molecular formula is C26H25FN2O2. The average Bonchev–Trinajstić information content (AvgIpc) is 3.19. The number of furan rings is 1. The molecule has 1 atom stereocenters. The monoisotopic (exact) mass is 416 g/mol. The predicted molar refractivity (Wildman–Crippen MR) is 119 cm³/mol. The van der Waals surface area contributed by atoms with Gasteiger partial charge in [-0.2, -0.15) is 0 Å². The topological polar surface area (TPSA) is 45.5 Å². The molecule has 0 fully saturated rings. The maximum absolute atomic E-state index is 14.0. The van der Waals surface area contributed by atoms with Gasteiger partial charge in [0.25, 0.3) is 0 Å². The minimum Gasteiger partial charge on any atom is -0.467 e. The van der Waals surface area contributed by atoms with Gasteiger partial charge < -0.3 is 14.6 Å². The van der Waals surface area contributed by atoms with Crippen LogP contribution in [0.1, 0.15) is 44.1 Å². The summed E-state index contributed by atoms with van der Waals surface area (Å²) in [5.74, 6) is 0.552. The number of carbonyl (C=O) groups is 1. The van der Waals surface area contributed by atoms with E-state index >= 15 is 0 Å². The fourth-order valence-corrected chi connectivity index (χ4v) is 4.80. The van der Waals surface area contributed by atoms with E-state index in [1.165, 1.54) is 6.07 Å². The summed E-state index contributed by atoms with van der Waals surface area (Å²) in [5, 5.41) is 3.57. The third-order valence-corrected chi connectivity index (χ3v) is 6.06. The van der Waals surface area contributed by atoms with Gasteiger partial charge in [-0.05, 0) is 53.8 Å². The van der Waals surface area contributed by atoms with Gasteiger partial charge >= 0.3 is 0 Å². The third kappa shape index (κ3) is 3.65. The molecule has 31 heavy (non-hydrogen) atoms.